The Morgan fingerprint density at radius 2 is 1.77 bits per heavy atom. The van der Waals surface area contributed by atoms with Gasteiger partial charge in [-0.25, -0.2) is 0 Å². The van der Waals surface area contributed by atoms with Crippen LogP contribution in [-0.4, -0.2) is 39.7 Å². The summed E-state index contributed by atoms with van der Waals surface area (Å²) < 4.78 is 6.68. The fourth-order valence-corrected chi connectivity index (χ4v) is 3.36. The molecule has 30 heavy (non-hydrogen) atoms. The summed E-state index contributed by atoms with van der Waals surface area (Å²) >= 11 is 17.6. The molecule has 3 aromatic rings. The van der Waals surface area contributed by atoms with Gasteiger partial charge in [0.05, 0.1) is 21.1 Å². The van der Waals surface area contributed by atoms with Crippen molar-refractivity contribution in [2.45, 2.75) is 19.4 Å². The van der Waals surface area contributed by atoms with E-state index in [2.05, 4.69) is 10.4 Å². The van der Waals surface area contributed by atoms with E-state index in [0.717, 1.165) is 16.6 Å². The van der Waals surface area contributed by atoms with E-state index >= 15 is 0 Å². The van der Waals surface area contributed by atoms with Gasteiger partial charge in [0.15, 0.2) is 5.69 Å². The molecule has 0 unspecified atom stereocenters. The maximum Gasteiger partial charge on any atom is 0.320 e. The second-order valence-electron chi connectivity index (χ2n) is 7.47. The van der Waals surface area contributed by atoms with Crippen LogP contribution in [0.5, 0.6) is 0 Å². The van der Waals surface area contributed by atoms with Gasteiger partial charge >= 0.3 is 5.97 Å². The second kappa shape index (κ2) is 8.84. The first-order valence-electron chi connectivity index (χ1n) is 9.07. The molecule has 0 spiro atoms. The number of nitrogens with one attached hydrogen (secondary N) is 1. The Labute approximate surface area is 189 Å². The summed E-state index contributed by atoms with van der Waals surface area (Å²) in [5.41, 5.74) is 2.10. The minimum atomic E-state index is -0.789. The Balaban J connectivity index is 1.88. The average Bonchev–Trinajstić information content (AvgIpc) is 3.04. The van der Waals surface area contributed by atoms with Crippen molar-refractivity contribution in [3.8, 4) is 11.1 Å². The Kier molecular flexibility index (Phi) is 6.60. The lowest BCUT2D eigenvalue weighted by atomic mass is 10.0. The fraction of sp³-hybridized carbons (Fsp3) is 0.286. The molecule has 0 bridgehead atoms. The standard InChI is InChI=1S/C21H20Cl3N3O3/c1-21(2,11-30-18(28)10-22)25-20(29)19-14-6-4-13(9-17(14)27(3)26-19)12-5-7-15(23)16(24)8-12/h4-9H,10-11H2,1-3H3,(H,25,29). The molecule has 0 radical (unpaired) electrons. The number of aryl methyl sites for hydroxylation is 1. The Morgan fingerprint density at radius 1 is 1.10 bits per heavy atom. The van der Waals surface area contributed by atoms with Crippen LogP contribution >= 0.6 is 34.8 Å². The molecule has 1 amide bonds. The quantitative estimate of drug-likeness (QED) is 0.415. The number of aromatic nitrogens is 2. The highest BCUT2D eigenvalue weighted by Crippen LogP contribution is 2.31. The zero-order valence-corrected chi connectivity index (χ0v) is 18.9. The smallest absolute Gasteiger partial charge is 0.320 e. The van der Waals surface area contributed by atoms with Crippen molar-refractivity contribution in [3.63, 3.8) is 0 Å². The molecule has 2 aromatic carbocycles. The number of fused-ring (bicyclic) bond motifs is 1. The van der Waals surface area contributed by atoms with E-state index in [9.17, 15) is 9.59 Å². The summed E-state index contributed by atoms with van der Waals surface area (Å²) in [7, 11) is 1.77. The molecule has 0 fully saturated rings. The van der Waals surface area contributed by atoms with Gasteiger partial charge in [0.2, 0.25) is 0 Å². The third-order valence-electron chi connectivity index (χ3n) is 4.47. The highest BCUT2D eigenvalue weighted by molar-refractivity contribution is 6.42. The first kappa shape index (κ1) is 22.4. The van der Waals surface area contributed by atoms with E-state index in [0.29, 0.717) is 15.4 Å². The number of ether oxygens (including phenoxy) is 1. The van der Waals surface area contributed by atoms with E-state index < -0.39 is 11.5 Å². The lowest BCUT2D eigenvalue weighted by molar-refractivity contribution is -0.142. The van der Waals surface area contributed by atoms with Crippen LogP contribution in [0.3, 0.4) is 0 Å². The third-order valence-corrected chi connectivity index (χ3v) is 5.43. The Hall–Kier alpha value is -2.28. The molecule has 1 heterocycles. The van der Waals surface area contributed by atoms with E-state index in [1.165, 1.54) is 0 Å². The predicted octanol–water partition coefficient (Wildman–Crippen LogP) is 4.84. The highest BCUT2D eigenvalue weighted by atomic mass is 35.5. The number of benzene rings is 2. The number of rotatable bonds is 6. The molecule has 9 heteroatoms. The van der Waals surface area contributed by atoms with Crippen LogP contribution in [0.2, 0.25) is 10.0 Å². The summed E-state index contributed by atoms with van der Waals surface area (Å²) in [4.78, 5) is 24.1. The number of carbonyl (C=O) groups excluding carboxylic acids is 2. The maximum atomic E-state index is 12.9. The van der Waals surface area contributed by atoms with Gasteiger partial charge in [-0.3, -0.25) is 14.3 Å². The monoisotopic (exact) mass is 467 g/mol. The molecule has 0 aliphatic rings. The van der Waals surface area contributed by atoms with Gasteiger partial charge in [-0.2, -0.15) is 5.10 Å². The number of nitrogens with zero attached hydrogens (tertiary/aromatic N) is 2. The molecule has 1 N–H and O–H groups in total. The first-order valence-corrected chi connectivity index (χ1v) is 10.4. The van der Waals surface area contributed by atoms with Crippen molar-refractivity contribution in [1.29, 1.82) is 0 Å². The van der Waals surface area contributed by atoms with E-state index in [4.69, 9.17) is 39.5 Å². The fourth-order valence-electron chi connectivity index (χ4n) is 2.98. The van der Waals surface area contributed by atoms with Crippen LogP contribution in [0, 0.1) is 0 Å². The number of carbonyl (C=O) groups is 2. The van der Waals surface area contributed by atoms with Gasteiger partial charge in [0.1, 0.15) is 12.5 Å². The second-order valence-corrected chi connectivity index (χ2v) is 8.55. The van der Waals surface area contributed by atoms with Gasteiger partial charge in [0, 0.05) is 12.4 Å². The van der Waals surface area contributed by atoms with Crippen LogP contribution in [0.15, 0.2) is 36.4 Å². The van der Waals surface area contributed by atoms with E-state index in [-0.39, 0.29) is 24.1 Å². The molecule has 0 saturated heterocycles. The van der Waals surface area contributed by atoms with E-state index in [1.54, 1.807) is 37.7 Å². The van der Waals surface area contributed by atoms with Crippen LogP contribution < -0.4 is 5.32 Å². The van der Waals surface area contributed by atoms with Crippen molar-refractivity contribution in [3.05, 3.63) is 52.1 Å². The van der Waals surface area contributed by atoms with Crippen molar-refractivity contribution >= 4 is 57.6 Å². The molecule has 0 atom stereocenters. The number of hydrogen-bond acceptors (Lipinski definition) is 4. The molecular formula is C21H20Cl3N3O3. The van der Waals surface area contributed by atoms with Crippen molar-refractivity contribution in [2.24, 2.45) is 7.05 Å². The number of alkyl halides is 1. The van der Waals surface area contributed by atoms with Crippen LogP contribution in [0.25, 0.3) is 22.0 Å². The molecule has 1 aromatic heterocycles. The zero-order chi connectivity index (χ0) is 22.1. The highest BCUT2D eigenvalue weighted by Gasteiger charge is 2.26. The molecular weight excluding hydrogens is 449 g/mol. The Morgan fingerprint density at radius 3 is 2.43 bits per heavy atom. The molecule has 6 nitrogen and oxygen atoms in total. The molecule has 158 valence electrons. The average molecular weight is 469 g/mol. The first-order chi connectivity index (χ1) is 14.1. The zero-order valence-electron chi connectivity index (χ0n) is 16.6. The van der Waals surface area contributed by atoms with Crippen LogP contribution in [0.4, 0.5) is 0 Å². The minimum absolute atomic E-state index is 0.00344. The topological polar surface area (TPSA) is 73.2 Å². The van der Waals surface area contributed by atoms with Crippen molar-refractivity contribution in [1.82, 2.24) is 15.1 Å². The van der Waals surface area contributed by atoms with Gasteiger partial charge in [0.25, 0.3) is 5.91 Å². The number of amides is 1. The molecule has 0 saturated carbocycles. The maximum absolute atomic E-state index is 12.9. The van der Waals surface area contributed by atoms with Crippen molar-refractivity contribution < 1.29 is 14.3 Å². The van der Waals surface area contributed by atoms with Gasteiger partial charge in [-0.15, -0.1) is 11.6 Å². The number of halogens is 3. The molecule has 0 aliphatic heterocycles. The van der Waals surface area contributed by atoms with Gasteiger partial charge < -0.3 is 10.1 Å². The minimum Gasteiger partial charge on any atom is -0.462 e. The van der Waals surface area contributed by atoms with Crippen molar-refractivity contribution in [2.75, 3.05) is 12.5 Å². The summed E-state index contributed by atoms with van der Waals surface area (Å²) in [5.74, 6) is -1.15. The van der Waals surface area contributed by atoms with Crippen LogP contribution in [-0.2, 0) is 16.6 Å². The Bertz CT molecular complexity index is 1130. The number of esters is 1. The number of hydrogen-bond donors (Lipinski definition) is 1. The van der Waals surface area contributed by atoms with Gasteiger partial charge in [-0.05, 0) is 49.2 Å². The summed E-state index contributed by atoms with van der Waals surface area (Å²) in [6.45, 7) is 3.50. The molecule has 0 aliphatic carbocycles. The summed E-state index contributed by atoms with van der Waals surface area (Å²) in [6, 6.07) is 11.1. The van der Waals surface area contributed by atoms with E-state index in [1.807, 2.05) is 24.3 Å². The third kappa shape index (κ3) is 4.89. The SMILES string of the molecule is Cn1nc(C(=O)NC(C)(C)COC(=O)CCl)c2ccc(-c3ccc(Cl)c(Cl)c3)cc21. The van der Waals surface area contributed by atoms with Crippen LogP contribution in [0.1, 0.15) is 24.3 Å². The predicted molar refractivity (Wildman–Crippen MR) is 119 cm³/mol. The normalized spacial score (nSPS) is 11.5. The van der Waals surface area contributed by atoms with Gasteiger partial charge in [-0.1, -0.05) is 35.3 Å². The largest absolute Gasteiger partial charge is 0.462 e. The molecule has 3 rings (SSSR count). The lowest BCUT2D eigenvalue weighted by Crippen LogP contribution is -2.47. The summed E-state index contributed by atoms with van der Waals surface area (Å²) in [5, 5.41) is 8.89. The lowest BCUT2D eigenvalue weighted by Gasteiger charge is -2.25. The summed E-state index contributed by atoms with van der Waals surface area (Å²) in [6.07, 6.45) is 0.